The minimum absolute atomic E-state index is 0.000978. The molecule has 0 bridgehead atoms. The average Bonchev–Trinajstić information content (AvgIpc) is 2.87. The molecule has 1 aliphatic heterocycles. The van der Waals surface area contributed by atoms with Gasteiger partial charge in [-0.1, -0.05) is 17.2 Å². The van der Waals surface area contributed by atoms with Crippen molar-refractivity contribution in [2.24, 2.45) is 0 Å². The lowest BCUT2D eigenvalue weighted by molar-refractivity contribution is -0.0583. The first-order valence-electron chi connectivity index (χ1n) is 7.30. The Labute approximate surface area is 140 Å². The molecule has 6 nitrogen and oxygen atoms in total. The molecule has 2 amide bonds. The zero-order chi connectivity index (χ0) is 17.6. The van der Waals surface area contributed by atoms with Crippen LogP contribution in [0.5, 0.6) is 0 Å². The number of aromatic nitrogens is 1. The highest BCUT2D eigenvalue weighted by Gasteiger charge is 2.39. The number of fused-ring (bicyclic) bond motifs is 2. The van der Waals surface area contributed by atoms with Crippen molar-refractivity contribution in [3.63, 3.8) is 0 Å². The van der Waals surface area contributed by atoms with Gasteiger partial charge in [0.05, 0.1) is 16.7 Å². The molecule has 0 radical (unpaired) electrons. The van der Waals surface area contributed by atoms with Gasteiger partial charge in [0.25, 0.3) is 11.8 Å². The molecule has 0 aliphatic carbocycles. The Bertz CT molecular complexity index is 1030. The highest BCUT2D eigenvalue weighted by Crippen LogP contribution is 2.25. The van der Waals surface area contributed by atoms with Gasteiger partial charge in [0.15, 0.2) is 0 Å². The first-order chi connectivity index (χ1) is 12.1. The first-order valence-corrected chi connectivity index (χ1v) is 7.30. The van der Waals surface area contributed by atoms with Crippen LogP contribution < -0.4 is 0 Å². The molecule has 7 heteroatoms. The molecule has 0 saturated heterocycles. The van der Waals surface area contributed by atoms with E-state index in [0.29, 0.717) is 5.06 Å². The molecule has 0 saturated carbocycles. The van der Waals surface area contributed by atoms with Crippen LogP contribution in [0, 0.1) is 5.82 Å². The molecule has 1 aliphatic rings. The monoisotopic (exact) mass is 336 g/mol. The van der Waals surface area contributed by atoms with Crippen molar-refractivity contribution in [2.45, 2.75) is 0 Å². The molecule has 4 rings (SSSR count). The lowest BCUT2D eigenvalue weighted by atomic mass is 10.1. The van der Waals surface area contributed by atoms with E-state index in [1.165, 1.54) is 36.7 Å². The smallest absolute Gasteiger partial charge is 0.324 e. The van der Waals surface area contributed by atoms with Gasteiger partial charge in [0.2, 0.25) is 0 Å². The third-order valence-electron chi connectivity index (χ3n) is 3.92. The summed E-state index contributed by atoms with van der Waals surface area (Å²) in [6, 6.07) is 9.91. The van der Waals surface area contributed by atoms with Crippen molar-refractivity contribution in [2.75, 3.05) is 0 Å². The van der Waals surface area contributed by atoms with E-state index >= 15 is 0 Å². The van der Waals surface area contributed by atoms with Crippen molar-refractivity contribution < 1.29 is 23.6 Å². The number of pyridine rings is 1. The van der Waals surface area contributed by atoms with Crippen molar-refractivity contribution >= 4 is 28.6 Å². The molecule has 3 aromatic rings. The fourth-order valence-electron chi connectivity index (χ4n) is 2.71. The molecule has 1 aromatic heterocycles. The summed E-state index contributed by atoms with van der Waals surface area (Å²) in [6.45, 7) is 0. The molecule has 0 atom stereocenters. The first kappa shape index (κ1) is 14.9. The van der Waals surface area contributed by atoms with E-state index in [9.17, 15) is 18.8 Å². The highest BCUT2D eigenvalue weighted by atomic mass is 19.1. The maximum atomic E-state index is 13.8. The number of carbonyl (C=O) groups is 3. The van der Waals surface area contributed by atoms with Crippen molar-refractivity contribution in [3.8, 4) is 0 Å². The molecule has 0 spiro atoms. The number of amides is 2. The lowest BCUT2D eigenvalue weighted by Crippen LogP contribution is -2.32. The Morgan fingerprint density at radius 3 is 2.32 bits per heavy atom. The number of hydrogen-bond acceptors (Lipinski definition) is 5. The molecule has 0 fully saturated rings. The normalized spacial score (nSPS) is 13.2. The van der Waals surface area contributed by atoms with Gasteiger partial charge in [-0.25, -0.2) is 9.18 Å². The summed E-state index contributed by atoms with van der Waals surface area (Å²) in [6.07, 6.45) is 2.71. The van der Waals surface area contributed by atoms with Crippen LogP contribution in [0.1, 0.15) is 31.1 Å². The molecule has 2 heterocycles. The van der Waals surface area contributed by atoms with Crippen LogP contribution in [0.25, 0.3) is 10.8 Å². The van der Waals surface area contributed by atoms with Crippen LogP contribution in [0.3, 0.4) is 0 Å². The van der Waals surface area contributed by atoms with Gasteiger partial charge in [-0.05, 0) is 30.3 Å². The van der Waals surface area contributed by atoms with Crippen LogP contribution in [-0.4, -0.2) is 27.8 Å². The van der Waals surface area contributed by atoms with Crippen LogP contribution in [0.4, 0.5) is 4.39 Å². The van der Waals surface area contributed by atoms with Gasteiger partial charge in [0, 0.05) is 23.2 Å². The number of benzene rings is 2. The Kier molecular flexibility index (Phi) is 3.28. The molecular formula is C18H9FN2O4. The number of hydrogen-bond donors (Lipinski definition) is 0. The van der Waals surface area contributed by atoms with Crippen LogP contribution in [0.15, 0.2) is 54.9 Å². The number of imide groups is 1. The minimum atomic E-state index is -0.951. The maximum absolute atomic E-state index is 13.8. The van der Waals surface area contributed by atoms with E-state index in [0.717, 1.165) is 6.07 Å². The van der Waals surface area contributed by atoms with Crippen LogP contribution in [0.2, 0.25) is 0 Å². The summed E-state index contributed by atoms with van der Waals surface area (Å²) in [5.41, 5.74) is 0.318. The molecule has 0 unspecified atom stereocenters. The largest absolute Gasteiger partial charge is 0.364 e. The Morgan fingerprint density at radius 2 is 1.64 bits per heavy atom. The summed E-state index contributed by atoms with van der Waals surface area (Å²) in [5.74, 6) is -2.92. The van der Waals surface area contributed by atoms with E-state index in [1.54, 1.807) is 12.1 Å². The van der Waals surface area contributed by atoms with Gasteiger partial charge in [-0.3, -0.25) is 14.6 Å². The maximum Gasteiger partial charge on any atom is 0.364 e. The summed E-state index contributed by atoms with van der Waals surface area (Å²) in [5, 5.41) is 0.828. The average molecular weight is 336 g/mol. The van der Waals surface area contributed by atoms with E-state index in [1.807, 2.05) is 0 Å². The van der Waals surface area contributed by atoms with Crippen molar-refractivity contribution in [3.05, 3.63) is 77.4 Å². The predicted octanol–water partition coefficient (Wildman–Crippen LogP) is 2.74. The van der Waals surface area contributed by atoms with Gasteiger partial charge in [-0.2, -0.15) is 0 Å². The molecular weight excluding hydrogens is 327 g/mol. The summed E-state index contributed by atoms with van der Waals surface area (Å²) in [4.78, 5) is 45.8. The number of hydroxylamine groups is 2. The summed E-state index contributed by atoms with van der Waals surface area (Å²) in [7, 11) is 0. The Hall–Kier alpha value is -3.61. The van der Waals surface area contributed by atoms with Crippen molar-refractivity contribution in [1.82, 2.24) is 10.0 Å². The number of nitrogens with zero attached hydrogens (tertiary/aromatic N) is 2. The van der Waals surface area contributed by atoms with Gasteiger partial charge < -0.3 is 4.84 Å². The van der Waals surface area contributed by atoms with Crippen molar-refractivity contribution in [1.29, 1.82) is 0 Å². The fourth-order valence-corrected chi connectivity index (χ4v) is 2.71. The zero-order valence-electron chi connectivity index (χ0n) is 12.6. The van der Waals surface area contributed by atoms with E-state index < -0.39 is 23.6 Å². The quantitative estimate of drug-likeness (QED) is 0.673. The Balaban J connectivity index is 1.70. The minimum Gasteiger partial charge on any atom is -0.324 e. The molecule has 2 aromatic carbocycles. The summed E-state index contributed by atoms with van der Waals surface area (Å²) < 4.78 is 13.8. The predicted molar refractivity (Wildman–Crippen MR) is 84.1 cm³/mol. The third-order valence-corrected chi connectivity index (χ3v) is 3.92. The third kappa shape index (κ3) is 2.25. The van der Waals surface area contributed by atoms with E-state index in [-0.39, 0.29) is 27.5 Å². The number of rotatable bonds is 2. The second-order valence-corrected chi connectivity index (χ2v) is 5.35. The number of halogens is 1. The topological polar surface area (TPSA) is 76.6 Å². The fraction of sp³-hybridized carbons (Fsp3) is 0. The second-order valence-electron chi connectivity index (χ2n) is 5.35. The molecule has 25 heavy (non-hydrogen) atoms. The van der Waals surface area contributed by atoms with E-state index in [2.05, 4.69) is 4.98 Å². The SMILES string of the molecule is O=C(ON1C(=O)c2ccccc2C1=O)c1ccc(F)c2ccncc12. The number of carbonyl (C=O) groups excluding carboxylic acids is 3. The van der Waals surface area contributed by atoms with Crippen LogP contribution in [-0.2, 0) is 4.84 Å². The van der Waals surface area contributed by atoms with E-state index in [4.69, 9.17) is 4.84 Å². The van der Waals surface area contributed by atoms with Gasteiger partial charge in [0.1, 0.15) is 5.82 Å². The van der Waals surface area contributed by atoms with Gasteiger partial charge in [-0.15, -0.1) is 0 Å². The van der Waals surface area contributed by atoms with Gasteiger partial charge >= 0.3 is 5.97 Å². The summed E-state index contributed by atoms with van der Waals surface area (Å²) >= 11 is 0. The zero-order valence-corrected chi connectivity index (χ0v) is 12.6. The molecule has 0 N–H and O–H groups in total. The van der Waals surface area contributed by atoms with Crippen LogP contribution >= 0.6 is 0 Å². The highest BCUT2D eigenvalue weighted by molar-refractivity contribution is 6.21. The molecule has 122 valence electrons. The lowest BCUT2D eigenvalue weighted by Gasteiger charge is -2.13. The second kappa shape index (κ2) is 5.48. The Morgan fingerprint density at radius 1 is 0.960 bits per heavy atom. The standard InChI is InChI=1S/C18H9FN2O4/c19-15-6-5-13(14-9-20-8-7-10(14)15)18(24)25-21-16(22)11-3-1-2-4-12(11)17(21)23/h1-9H.